The Hall–Kier alpha value is -2.80. The van der Waals surface area contributed by atoms with Crippen LogP contribution in [0.1, 0.15) is 11.4 Å². The number of nitrogens with zero attached hydrogens (tertiary/aromatic N) is 2. The topological polar surface area (TPSA) is 73.2 Å². The highest BCUT2D eigenvalue weighted by atomic mass is 32.2. The SMILES string of the molecule is COc1ccc(NS(=O)(=O)c2c(C)nn(-c3ccccc3)c2C)cc1. The standard InChI is InChI=1S/C18H19N3O3S/c1-13-18(14(2)21(19-13)16-7-5-4-6-8-16)25(22,23)20-15-9-11-17(24-3)12-10-15/h4-12,20H,1-3H3. The van der Waals surface area contributed by atoms with Gasteiger partial charge in [0.15, 0.2) is 0 Å². The number of para-hydroxylation sites is 1. The van der Waals surface area contributed by atoms with Gasteiger partial charge in [0.25, 0.3) is 10.0 Å². The molecule has 7 heteroatoms. The van der Waals surface area contributed by atoms with E-state index in [0.717, 1.165) is 5.69 Å². The van der Waals surface area contributed by atoms with Gasteiger partial charge in [0.05, 0.1) is 24.2 Å². The molecule has 0 saturated heterocycles. The molecule has 1 heterocycles. The smallest absolute Gasteiger partial charge is 0.265 e. The first-order chi connectivity index (χ1) is 11.9. The van der Waals surface area contributed by atoms with Gasteiger partial charge in [-0.2, -0.15) is 5.10 Å². The zero-order valence-electron chi connectivity index (χ0n) is 14.2. The Morgan fingerprint density at radius 3 is 2.24 bits per heavy atom. The summed E-state index contributed by atoms with van der Waals surface area (Å²) in [5.74, 6) is 0.659. The second-order valence-electron chi connectivity index (χ2n) is 5.58. The number of methoxy groups -OCH3 is 1. The number of nitrogens with one attached hydrogen (secondary N) is 1. The van der Waals surface area contributed by atoms with Crippen LogP contribution in [0.5, 0.6) is 5.75 Å². The summed E-state index contributed by atoms with van der Waals surface area (Å²) in [6.07, 6.45) is 0. The highest BCUT2D eigenvalue weighted by molar-refractivity contribution is 7.92. The van der Waals surface area contributed by atoms with Crippen LogP contribution < -0.4 is 9.46 Å². The second-order valence-corrected chi connectivity index (χ2v) is 7.20. The lowest BCUT2D eigenvalue weighted by Gasteiger charge is -2.09. The molecule has 0 aliphatic heterocycles. The molecule has 3 rings (SSSR count). The van der Waals surface area contributed by atoms with Crippen molar-refractivity contribution in [1.82, 2.24) is 9.78 Å². The van der Waals surface area contributed by atoms with Gasteiger partial charge in [0, 0.05) is 5.69 Å². The van der Waals surface area contributed by atoms with Gasteiger partial charge in [-0.3, -0.25) is 4.72 Å². The van der Waals surface area contributed by atoms with E-state index in [1.807, 2.05) is 30.3 Å². The summed E-state index contributed by atoms with van der Waals surface area (Å²) in [5, 5.41) is 4.39. The molecule has 0 unspecified atom stereocenters. The normalized spacial score (nSPS) is 11.3. The second kappa shape index (κ2) is 6.60. The van der Waals surface area contributed by atoms with Crippen molar-refractivity contribution in [1.29, 1.82) is 0 Å². The lowest BCUT2D eigenvalue weighted by atomic mass is 10.3. The maximum Gasteiger partial charge on any atom is 0.265 e. The highest BCUT2D eigenvalue weighted by Gasteiger charge is 2.25. The minimum absolute atomic E-state index is 0.187. The molecule has 2 aromatic carbocycles. The Bertz CT molecular complexity index is 978. The van der Waals surface area contributed by atoms with Gasteiger partial charge in [0.1, 0.15) is 10.6 Å². The van der Waals surface area contributed by atoms with Gasteiger partial charge >= 0.3 is 0 Å². The van der Waals surface area contributed by atoms with Crippen LogP contribution in [0.2, 0.25) is 0 Å². The van der Waals surface area contributed by atoms with Gasteiger partial charge in [-0.25, -0.2) is 13.1 Å². The van der Waals surface area contributed by atoms with Gasteiger partial charge in [-0.15, -0.1) is 0 Å². The monoisotopic (exact) mass is 357 g/mol. The molecule has 3 aromatic rings. The molecule has 0 aliphatic rings. The van der Waals surface area contributed by atoms with Crippen LogP contribution in [-0.4, -0.2) is 25.3 Å². The van der Waals surface area contributed by atoms with E-state index in [1.165, 1.54) is 0 Å². The highest BCUT2D eigenvalue weighted by Crippen LogP contribution is 2.25. The van der Waals surface area contributed by atoms with E-state index >= 15 is 0 Å². The molecule has 0 fully saturated rings. The fourth-order valence-corrected chi connectivity index (χ4v) is 4.16. The van der Waals surface area contributed by atoms with Gasteiger partial charge < -0.3 is 4.74 Å². The maximum absolute atomic E-state index is 12.8. The number of anilines is 1. The molecule has 25 heavy (non-hydrogen) atoms. The van der Waals surface area contributed by atoms with Crippen molar-refractivity contribution >= 4 is 15.7 Å². The number of hydrogen-bond acceptors (Lipinski definition) is 4. The van der Waals surface area contributed by atoms with Crippen molar-refractivity contribution < 1.29 is 13.2 Å². The lowest BCUT2D eigenvalue weighted by Crippen LogP contribution is -2.15. The lowest BCUT2D eigenvalue weighted by molar-refractivity contribution is 0.415. The molecule has 0 amide bonds. The Morgan fingerprint density at radius 2 is 1.64 bits per heavy atom. The third kappa shape index (κ3) is 3.36. The third-order valence-corrected chi connectivity index (χ3v) is 5.47. The van der Waals surface area contributed by atoms with E-state index in [9.17, 15) is 8.42 Å². The van der Waals surface area contributed by atoms with Crippen molar-refractivity contribution in [3.8, 4) is 11.4 Å². The molecule has 1 aromatic heterocycles. The zero-order chi connectivity index (χ0) is 18.0. The molecule has 0 atom stereocenters. The van der Waals surface area contributed by atoms with Crippen molar-refractivity contribution in [2.45, 2.75) is 18.7 Å². The predicted molar refractivity (Wildman–Crippen MR) is 96.8 cm³/mol. The van der Waals surface area contributed by atoms with Crippen LogP contribution in [0.3, 0.4) is 0 Å². The van der Waals surface area contributed by atoms with E-state index < -0.39 is 10.0 Å². The van der Waals surface area contributed by atoms with Gasteiger partial charge in [0.2, 0.25) is 0 Å². The molecule has 130 valence electrons. The molecule has 6 nitrogen and oxygen atoms in total. The molecular formula is C18H19N3O3S. The summed E-state index contributed by atoms with van der Waals surface area (Å²) < 4.78 is 35.0. The number of hydrogen-bond donors (Lipinski definition) is 1. The average molecular weight is 357 g/mol. The van der Waals surface area contributed by atoms with Crippen LogP contribution in [0.25, 0.3) is 5.69 Å². The van der Waals surface area contributed by atoms with Gasteiger partial charge in [-0.05, 0) is 50.2 Å². The average Bonchev–Trinajstić information content (AvgIpc) is 2.91. The third-order valence-electron chi connectivity index (χ3n) is 3.84. The van der Waals surface area contributed by atoms with Crippen LogP contribution in [-0.2, 0) is 10.0 Å². The number of benzene rings is 2. The number of ether oxygens (including phenoxy) is 1. The number of rotatable bonds is 5. The first-order valence-corrected chi connectivity index (χ1v) is 9.19. The molecule has 0 radical (unpaired) electrons. The Morgan fingerprint density at radius 1 is 1.00 bits per heavy atom. The molecular weight excluding hydrogens is 338 g/mol. The minimum Gasteiger partial charge on any atom is -0.497 e. The fourth-order valence-electron chi connectivity index (χ4n) is 2.70. The molecule has 1 N–H and O–H groups in total. The minimum atomic E-state index is -3.76. The van der Waals surface area contributed by atoms with E-state index in [2.05, 4.69) is 9.82 Å². The fraction of sp³-hybridized carbons (Fsp3) is 0.167. The van der Waals surface area contributed by atoms with Crippen molar-refractivity contribution in [3.63, 3.8) is 0 Å². The molecule has 0 bridgehead atoms. The first-order valence-electron chi connectivity index (χ1n) is 7.71. The summed E-state index contributed by atoms with van der Waals surface area (Å²) in [5.41, 5.74) is 2.29. The van der Waals surface area contributed by atoms with Crippen molar-refractivity contribution in [2.75, 3.05) is 11.8 Å². The Labute approximate surface area is 147 Å². The molecule has 0 spiro atoms. The predicted octanol–water partition coefficient (Wildman–Crippen LogP) is 3.30. The quantitative estimate of drug-likeness (QED) is 0.760. The van der Waals surface area contributed by atoms with Gasteiger partial charge in [-0.1, -0.05) is 18.2 Å². The number of sulfonamides is 1. The number of aromatic nitrogens is 2. The first kappa shape index (κ1) is 17.0. The van der Waals surface area contributed by atoms with Crippen molar-refractivity contribution in [3.05, 3.63) is 66.0 Å². The molecule has 0 aliphatic carbocycles. The Kier molecular flexibility index (Phi) is 4.50. The van der Waals surface area contributed by atoms with Crippen LogP contribution in [0.4, 0.5) is 5.69 Å². The van der Waals surface area contributed by atoms with E-state index in [0.29, 0.717) is 22.8 Å². The number of aryl methyl sites for hydroxylation is 1. The van der Waals surface area contributed by atoms with Crippen molar-refractivity contribution in [2.24, 2.45) is 0 Å². The Balaban J connectivity index is 1.98. The largest absolute Gasteiger partial charge is 0.497 e. The van der Waals surface area contributed by atoms with E-state index in [1.54, 1.807) is 49.9 Å². The van der Waals surface area contributed by atoms with Crippen LogP contribution >= 0.6 is 0 Å². The summed E-state index contributed by atoms with van der Waals surface area (Å²) in [7, 11) is -2.20. The summed E-state index contributed by atoms with van der Waals surface area (Å²) in [6, 6.07) is 16.1. The van der Waals surface area contributed by atoms with E-state index in [-0.39, 0.29) is 4.90 Å². The summed E-state index contributed by atoms with van der Waals surface area (Å²) in [4.78, 5) is 0.187. The van der Waals surface area contributed by atoms with Crippen LogP contribution in [0.15, 0.2) is 59.5 Å². The summed E-state index contributed by atoms with van der Waals surface area (Å²) >= 11 is 0. The maximum atomic E-state index is 12.8. The van der Waals surface area contributed by atoms with Crippen LogP contribution in [0, 0.1) is 13.8 Å². The van der Waals surface area contributed by atoms with E-state index in [4.69, 9.17) is 4.74 Å². The molecule has 0 saturated carbocycles. The zero-order valence-corrected chi connectivity index (χ0v) is 15.0. The summed E-state index contributed by atoms with van der Waals surface area (Å²) in [6.45, 7) is 3.44.